The number of nitrogens with one attached hydrogen (secondary N) is 1. The van der Waals surface area contributed by atoms with Crippen LogP contribution < -0.4 is 11.1 Å². The third-order valence-electron chi connectivity index (χ3n) is 3.28. The zero-order valence-corrected chi connectivity index (χ0v) is 12.5. The molecule has 1 rings (SSSR count). The van der Waals surface area contributed by atoms with Crippen LogP contribution in [0.25, 0.3) is 0 Å². The van der Waals surface area contributed by atoms with E-state index in [1.54, 1.807) is 18.0 Å². The standard InChI is InChI=1S/C15H22FN3O2/c1-3-19(2)15(21)6-4-5-14(20)18-10-11-7-8-12(16)9-13(11)17/h7-9H,3-6,10,17H2,1-2H3,(H,18,20). The highest BCUT2D eigenvalue weighted by molar-refractivity contribution is 5.78. The van der Waals surface area contributed by atoms with Gasteiger partial charge in [-0.25, -0.2) is 4.39 Å². The minimum atomic E-state index is -0.402. The van der Waals surface area contributed by atoms with Gasteiger partial charge in [-0.3, -0.25) is 9.59 Å². The average molecular weight is 295 g/mol. The van der Waals surface area contributed by atoms with Gasteiger partial charge in [0.05, 0.1) is 0 Å². The van der Waals surface area contributed by atoms with Crippen LogP contribution in [-0.4, -0.2) is 30.3 Å². The van der Waals surface area contributed by atoms with Gasteiger partial charge in [0.15, 0.2) is 0 Å². The summed E-state index contributed by atoms with van der Waals surface area (Å²) in [6.45, 7) is 2.82. The van der Waals surface area contributed by atoms with Crippen molar-refractivity contribution in [2.24, 2.45) is 0 Å². The maximum absolute atomic E-state index is 12.9. The Labute approximate surface area is 124 Å². The van der Waals surface area contributed by atoms with Crippen molar-refractivity contribution in [1.29, 1.82) is 0 Å². The van der Waals surface area contributed by atoms with E-state index in [9.17, 15) is 14.0 Å². The summed E-state index contributed by atoms with van der Waals surface area (Å²) in [6, 6.07) is 4.07. The molecule has 0 heterocycles. The van der Waals surface area contributed by atoms with Crippen molar-refractivity contribution < 1.29 is 14.0 Å². The molecule has 0 aromatic heterocycles. The predicted molar refractivity (Wildman–Crippen MR) is 79.8 cm³/mol. The Morgan fingerprint density at radius 1 is 1.33 bits per heavy atom. The number of anilines is 1. The predicted octanol–water partition coefficient (Wildman–Crippen LogP) is 1.67. The number of carbonyl (C=O) groups excluding carboxylic acids is 2. The SMILES string of the molecule is CCN(C)C(=O)CCCC(=O)NCc1ccc(F)cc1N. The van der Waals surface area contributed by atoms with Gasteiger partial charge in [0, 0.05) is 38.7 Å². The molecule has 3 N–H and O–H groups in total. The normalized spacial score (nSPS) is 10.2. The van der Waals surface area contributed by atoms with Crippen molar-refractivity contribution in [1.82, 2.24) is 10.2 Å². The van der Waals surface area contributed by atoms with E-state index in [-0.39, 0.29) is 24.8 Å². The van der Waals surface area contributed by atoms with Gasteiger partial charge >= 0.3 is 0 Å². The Hall–Kier alpha value is -2.11. The molecule has 0 fully saturated rings. The van der Waals surface area contributed by atoms with Crippen molar-refractivity contribution in [3.8, 4) is 0 Å². The number of nitrogen functional groups attached to an aromatic ring is 1. The third kappa shape index (κ3) is 5.81. The van der Waals surface area contributed by atoms with Gasteiger partial charge in [-0.2, -0.15) is 0 Å². The topological polar surface area (TPSA) is 75.4 Å². The number of halogens is 1. The smallest absolute Gasteiger partial charge is 0.222 e. The molecule has 0 aliphatic carbocycles. The first kappa shape index (κ1) is 16.9. The lowest BCUT2D eigenvalue weighted by Crippen LogP contribution is -2.27. The minimum Gasteiger partial charge on any atom is -0.398 e. The van der Waals surface area contributed by atoms with E-state index >= 15 is 0 Å². The second-order valence-electron chi connectivity index (χ2n) is 4.88. The molecule has 0 saturated carbocycles. The van der Waals surface area contributed by atoms with Crippen LogP contribution in [0.4, 0.5) is 10.1 Å². The van der Waals surface area contributed by atoms with Gasteiger partial charge < -0.3 is 16.0 Å². The number of hydrogen-bond donors (Lipinski definition) is 2. The number of nitrogens with zero attached hydrogens (tertiary/aromatic N) is 1. The summed E-state index contributed by atoms with van der Waals surface area (Å²) >= 11 is 0. The number of benzene rings is 1. The van der Waals surface area contributed by atoms with Crippen molar-refractivity contribution in [3.63, 3.8) is 0 Å². The van der Waals surface area contributed by atoms with E-state index in [1.807, 2.05) is 6.92 Å². The summed E-state index contributed by atoms with van der Waals surface area (Å²) in [4.78, 5) is 24.8. The molecule has 6 heteroatoms. The lowest BCUT2D eigenvalue weighted by Gasteiger charge is -2.14. The molecule has 1 aromatic rings. The fourth-order valence-electron chi connectivity index (χ4n) is 1.78. The molecule has 0 aliphatic rings. The van der Waals surface area contributed by atoms with Gasteiger partial charge in [-0.05, 0) is 31.0 Å². The van der Waals surface area contributed by atoms with Gasteiger partial charge in [0.1, 0.15) is 5.82 Å². The first-order valence-corrected chi connectivity index (χ1v) is 6.98. The Bertz CT molecular complexity index is 506. The third-order valence-corrected chi connectivity index (χ3v) is 3.28. The number of amides is 2. The number of rotatable bonds is 7. The summed E-state index contributed by atoms with van der Waals surface area (Å²) in [5, 5.41) is 2.71. The monoisotopic (exact) mass is 295 g/mol. The molecule has 2 amide bonds. The van der Waals surface area contributed by atoms with E-state index in [2.05, 4.69) is 5.32 Å². The minimum absolute atomic E-state index is 0.0353. The number of hydrogen-bond acceptors (Lipinski definition) is 3. The van der Waals surface area contributed by atoms with Crippen molar-refractivity contribution >= 4 is 17.5 Å². The summed E-state index contributed by atoms with van der Waals surface area (Å²) in [6.07, 6.45) is 1.15. The van der Waals surface area contributed by atoms with Gasteiger partial charge in [0.2, 0.25) is 11.8 Å². The maximum Gasteiger partial charge on any atom is 0.222 e. The van der Waals surface area contributed by atoms with Gasteiger partial charge in [-0.15, -0.1) is 0 Å². The van der Waals surface area contributed by atoms with Crippen LogP contribution >= 0.6 is 0 Å². The Kier molecular flexibility index (Phi) is 6.65. The highest BCUT2D eigenvalue weighted by Gasteiger charge is 2.09. The quantitative estimate of drug-likeness (QED) is 0.751. The van der Waals surface area contributed by atoms with Crippen LogP contribution in [0.3, 0.4) is 0 Å². The van der Waals surface area contributed by atoms with Crippen LogP contribution in [-0.2, 0) is 16.1 Å². The molecular weight excluding hydrogens is 273 g/mol. The average Bonchev–Trinajstić information content (AvgIpc) is 2.45. The molecule has 21 heavy (non-hydrogen) atoms. The summed E-state index contributed by atoms with van der Waals surface area (Å²) in [7, 11) is 1.74. The van der Waals surface area contributed by atoms with Gasteiger partial charge in [0.25, 0.3) is 0 Å². The van der Waals surface area contributed by atoms with E-state index in [4.69, 9.17) is 5.73 Å². The Morgan fingerprint density at radius 2 is 2.05 bits per heavy atom. The van der Waals surface area contributed by atoms with E-state index < -0.39 is 5.82 Å². The molecule has 0 unspecified atom stereocenters. The Balaban J connectivity index is 2.30. The molecule has 0 spiro atoms. The maximum atomic E-state index is 12.9. The zero-order valence-electron chi connectivity index (χ0n) is 12.5. The molecular formula is C15H22FN3O2. The lowest BCUT2D eigenvalue weighted by molar-refractivity contribution is -0.129. The Morgan fingerprint density at radius 3 is 2.67 bits per heavy atom. The summed E-state index contributed by atoms with van der Waals surface area (Å²) in [5.41, 5.74) is 6.64. The highest BCUT2D eigenvalue weighted by atomic mass is 19.1. The van der Waals surface area contributed by atoms with Crippen LogP contribution in [0, 0.1) is 5.82 Å². The summed E-state index contributed by atoms with van der Waals surface area (Å²) < 4.78 is 12.9. The van der Waals surface area contributed by atoms with Crippen LogP contribution in [0.5, 0.6) is 0 Å². The fraction of sp³-hybridized carbons (Fsp3) is 0.467. The first-order valence-electron chi connectivity index (χ1n) is 6.98. The number of nitrogens with two attached hydrogens (primary N) is 1. The van der Waals surface area contributed by atoms with Crippen LogP contribution in [0.15, 0.2) is 18.2 Å². The van der Waals surface area contributed by atoms with Crippen molar-refractivity contribution in [2.75, 3.05) is 19.3 Å². The summed E-state index contributed by atoms with van der Waals surface area (Å²) in [5.74, 6) is -0.514. The fourth-order valence-corrected chi connectivity index (χ4v) is 1.78. The number of carbonyl (C=O) groups is 2. The van der Waals surface area contributed by atoms with Crippen molar-refractivity contribution in [2.45, 2.75) is 32.7 Å². The van der Waals surface area contributed by atoms with E-state index in [0.717, 1.165) is 0 Å². The van der Waals surface area contributed by atoms with Crippen LogP contribution in [0.1, 0.15) is 31.7 Å². The largest absolute Gasteiger partial charge is 0.398 e. The van der Waals surface area contributed by atoms with Gasteiger partial charge in [-0.1, -0.05) is 6.07 Å². The second kappa shape index (κ2) is 8.24. The van der Waals surface area contributed by atoms with E-state index in [1.165, 1.54) is 12.1 Å². The molecule has 1 aromatic carbocycles. The van der Waals surface area contributed by atoms with E-state index in [0.29, 0.717) is 30.6 Å². The lowest BCUT2D eigenvalue weighted by atomic mass is 10.1. The molecule has 116 valence electrons. The van der Waals surface area contributed by atoms with Crippen molar-refractivity contribution in [3.05, 3.63) is 29.6 Å². The van der Waals surface area contributed by atoms with Crippen LogP contribution in [0.2, 0.25) is 0 Å². The first-order chi connectivity index (χ1) is 9.93. The molecule has 0 radical (unpaired) electrons. The molecule has 0 aliphatic heterocycles. The molecule has 0 atom stereocenters. The molecule has 5 nitrogen and oxygen atoms in total. The molecule has 0 saturated heterocycles. The zero-order chi connectivity index (χ0) is 15.8. The second-order valence-corrected chi connectivity index (χ2v) is 4.88. The highest BCUT2D eigenvalue weighted by Crippen LogP contribution is 2.13. The molecule has 0 bridgehead atoms.